The van der Waals surface area contributed by atoms with Crippen molar-refractivity contribution in [1.29, 1.82) is 0 Å². The van der Waals surface area contributed by atoms with Gasteiger partial charge in [-0.25, -0.2) is 0 Å². The standard InChI is InChI=1S/2C9H12.C8H10/c2*1-3-9-7-5-4-6-8(9)2;1-7-5-3-4-6-8(7)2/h2*4-7H,3H2,1-2H3;3-6H,1-2H3. The molecule has 0 heterocycles. The number of hydrogen-bond donors (Lipinski definition) is 0. The number of benzene rings is 3. The molecule has 0 atom stereocenters. The van der Waals surface area contributed by atoms with Crippen LogP contribution in [0.25, 0.3) is 0 Å². The van der Waals surface area contributed by atoms with Crippen LogP contribution in [0.3, 0.4) is 0 Å². The molecular formula is C26H34. The van der Waals surface area contributed by atoms with Crippen LogP contribution in [0, 0.1) is 27.7 Å². The van der Waals surface area contributed by atoms with E-state index in [-0.39, 0.29) is 0 Å². The molecule has 0 aliphatic rings. The predicted octanol–water partition coefficient (Wildman–Crippen LogP) is 7.42. The molecule has 0 fully saturated rings. The summed E-state index contributed by atoms with van der Waals surface area (Å²) in [4.78, 5) is 0. The van der Waals surface area contributed by atoms with Crippen LogP contribution in [0.4, 0.5) is 0 Å². The second kappa shape index (κ2) is 12.1. The van der Waals surface area contributed by atoms with Gasteiger partial charge in [-0.3, -0.25) is 0 Å². The van der Waals surface area contributed by atoms with Crippen molar-refractivity contribution in [2.24, 2.45) is 0 Å². The van der Waals surface area contributed by atoms with Crippen molar-refractivity contribution in [1.82, 2.24) is 0 Å². The smallest absolute Gasteiger partial charge is 0.0305 e. The molecule has 0 radical (unpaired) electrons. The summed E-state index contributed by atoms with van der Waals surface area (Å²) in [5, 5.41) is 0. The van der Waals surface area contributed by atoms with Crippen LogP contribution in [0.2, 0.25) is 0 Å². The summed E-state index contributed by atoms with van der Waals surface area (Å²) in [7, 11) is 0. The van der Waals surface area contributed by atoms with Gasteiger partial charge in [0.15, 0.2) is 0 Å². The lowest BCUT2D eigenvalue weighted by molar-refractivity contribution is 1.11. The van der Waals surface area contributed by atoms with Gasteiger partial charge in [0, 0.05) is 0 Å². The lowest BCUT2D eigenvalue weighted by Crippen LogP contribution is -1.82. The minimum atomic E-state index is 1.15. The maximum absolute atomic E-state index is 2.18. The highest BCUT2D eigenvalue weighted by Gasteiger charge is 1.90. The van der Waals surface area contributed by atoms with Gasteiger partial charge in [-0.05, 0) is 73.9 Å². The molecule has 138 valence electrons. The Balaban J connectivity index is 0.000000195. The summed E-state index contributed by atoms with van der Waals surface area (Å²) in [6.45, 7) is 12.9. The molecule has 3 aromatic rings. The van der Waals surface area contributed by atoms with E-state index >= 15 is 0 Å². The SMILES string of the molecule is CCc1ccccc1C.CCc1ccccc1C.Cc1ccccc1C. The fourth-order valence-corrected chi connectivity index (χ4v) is 2.68. The fourth-order valence-electron chi connectivity index (χ4n) is 2.68. The second-order valence-electron chi connectivity index (χ2n) is 6.64. The van der Waals surface area contributed by atoms with Gasteiger partial charge in [0.25, 0.3) is 0 Å². The van der Waals surface area contributed by atoms with E-state index in [4.69, 9.17) is 0 Å². The molecule has 0 aliphatic carbocycles. The Hall–Kier alpha value is -2.34. The Morgan fingerprint density at radius 1 is 0.423 bits per heavy atom. The summed E-state index contributed by atoms with van der Waals surface area (Å²) in [6.07, 6.45) is 2.29. The highest BCUT2D eigenvalue weighted by atomic mass is 14.0. The zero-order valence-electron chi connectivity index (χ0n) is 17.3. The molecule has 0 amide bonds. The maximum Gasteiger partial charge on any atom is -0.0305 e. The van der Waals surface area contributed by atoms with Gasteiger partial charge in [0.2, 0.25) is 0 Å². The molecule has 0 heteroatoms. The van der Waals surface area contributed by atoms with Gasteiger partial charge in [-0.15, -0.1) is 0 Å². The molecule has 0 nitrogen and oxygen atoms in total. The average Bonchev–Trinajstić information content (AvgIpc) is 2.66. The van der Waals surface area contributed by atoms with Crippen LogP contribution < -0.4 is 0 Å². The third-order valence-corrected chi connectivity index (χ3v) is 4.71. The summed E-state index contributed by atoms with van der Waals surface area (Å²) >= 11 is 0. The Morgan fingerprint density at radius 3 is 0.885 bits per heavy atom. The molecule has 0 aliphatic heterocycles. The fraction of sp³-hybridized carbons (Fsp3) is 0.308. The first-order chi connectivity index (χ1) is 12.5. The normalized spacial score (nSPS) is 9.46. The minimum Gasteiger partial charge on any atom is -0.0620 e. The third-order valence-electron chi connectivity index (χ3n) is 4.71. The molecule has 0 aromatic heterocycles. The molecule has 0 spiro atoms. The van der Waals surface area contributed by atoms with Crippen molar-refractivity contribution < 1.29 is 0 Å². The van der Waals surface area contributed by atoms with Crippen molar-refractivity contribution in [3.8, 4) is 0 Å². The number of hydrogen-bond acceptors (Lipinski definition) is 0. The first-order valence-electron chi connectivity index (χ1n) is 9.60. The maximum atomic E-state index is 2.18. The van der Waals surface area contributed by atoms with Crippen LogP contribution in [-0.2, 0) is 12.8 Å². The first-order valence-corrected chi connectivity index (χ1v) is 9.60. The highest BCUT2D eigenvalue weighted by molar-refractivity contribution is 5.26. The highest BCUT2D eigenvalue weighted by Crippen LogP contribution is 2.07. The molecule has 3 rings (SSSR count). The van der Waals surface area contributed by atoms with Crippen molar-refractivity contribution in [3.05, 3.63) is 106 Å². The Morgan fingerprint density at radius 2 is 0.692 bits per heavy atom. The largest absolute Gasteiger partial charge is 0.0620 e. The van der Waals surface area contributed by atoms with E-state index in [0.717, 1.165) is 12.8 Å². The average molecular weight is 347 g/mol. The topological polar surface area (TPSA) is 0 Å². The van der Waals surface area contributed by atoms with Gasteiger partial charge in [0.05, 0.1) is 0 Å². The Bertz CT molecular complexity index is 702. The van der Waals surface area contributed by atoms with Gasteiger partial charge < -0.3 is 0 Å². The number of aryl methyl sites for hydroxylation is 6. The molecule has 0 saturated carbocycles. The molecule has 0 saturated heterocycles. The van der Waals surface area contributed by atoms with Gasteiger partial charge in [-0.1, -0.05) is 86.6 Å². The van der Waals surface area contributed by atoms with Crippen LogP contribution >= 0.6 is 0 Å². The van der Waals surface area contributed by atoms with Crippen molar-refractivity contribution in [3.63, 3.8) is 0 Å². The quantitative estimate of drug-likeness (QED) is 0.453. The van der Waals surface area contributed by atoms with Crippen LogP contribution in [0.1, 0.15) is 47.2 Å². The van der Waals surface area contributed by atoms with Gasteiger partial charge in [-0.2, -0.15) is 0 Å². The van der Waals surface area contributed by atoms with Crippen LogP contribution in [-0.4, -0.2) is 0 Å². The minimum absolute atomic E-state index is 1.15. The molecule has 0 unspecified atom stereocenters. The number of rotatable bonds is 2. The lowest BCUT2D eigenvalue weighted by Gasteiger charge is -1.98. The van der Waals surface area contributed by atoms with Crippen molar-refractivity contribution in [2.45, 2.75) is 54.4 Å². The van der Waals surface area contributed by atoms with E-state index in [1.165, 1.54) is 33.4 Å². The molecular weight excluding hydrogens is 312 g/mol. The first kappa shape index (κ1) is 21.7. The predicted molar refractivity (Wildman–Crippen MR) is 117 cm³/mol. The van der Waals surface area contributed by atoms with Gasteiger partial charge >= 0.3 is 0 Å². The molecule has 0 N–H and O–H groups in total. The summed E-state index contributed by atoms with van der Waals surface area (Å²) in [5.41, 5.74) is 8.45. The van der Waals surface area contributed by atoms with E-state index in [9.17, 15) is 0 Å². The molecule has 0 bridgehead atoms. The third kappa shape index (κ3) is 7.70. The van der Waals surface area contributed by atoms with Crippen molar-refractivity contribution in [2.75, 3.05) is 0 Å². The Labute approximate surface area is 160 Å². The lowest BCUT2D eigenvalue weighted by atomic mass is 10.1. The van der Waals surface area contributed by atoms with E-state index in [2.05, 4.69) is 114 Å². The zero-order chi connectivity index (χ0) is 19.4. The summed E-state index contributed by atoms with van der Waals surface area (Å²) in [5.74, 6) is 0. The van der Waals surface area contributed by atoms with E-state index in [0.29, 0.717) is 0 Å². The second-order valence-corrected chi connectivity index (χ2v) is 6.64. The van der Waals surface area contributed by atoms with E-state index in [1.54, 1.807) is 0 Å². The van der Waals surface area contributed by atoms with Crippen molar-refractivity contribution >= 4 is 0 Å². The Kier molecular flexibility index (Phi) is 10.1. The van der Waals surface area contributed by atoms with E-state index in [1.807, 2.05) is 0 Å². The summed E-state index contributed by atoms with van der Waals surface area (Å²) < 4.78 is 0. The van der Waals surface area contributed by atoms with E-state index < -0.39 is 0 Å². The zero-order valence-corrected chi connectivity index (χ0v) is 17.3. The summed E-state index contributed by atoms with van der Waals surface area (Å²) in [6, 6.07) is 25.3. The van der Waals surface area contributed by atoms with Gasteiger partial charge in [0.1, 0.15) is 0 Å². The monoisotopic (exact) mass is 346 g/mol. The van der Waals surface area contributed by atoms with Crippen LogP contribution in [0.5, 0.6) is 0 Å². The molecule has 3 aromatic carbocycles. The van der Waals surface area contributed by atoms with Crippen LogP contribution in [0.15, 0.2) is 72.8 Å². The molecule has 26 heavy (non-hydrogen) atoms.